The number of fused-ring (bicyclic) bond motifs is 1. The minimum Gasteiger partial charge on any atom is -0.335 e. The van der Waals surface area contributed by atoms with Crippen molar-refractivity contribution in [3.05, 3.63) is 99.2 Å². The van der Waals surface area contributed by atoms with Crippen molar-refractivity contribution in [3.8, 4) is 0 Å². The summed E-state index contributed by atoms with van der Waals surface area (Å²) in [4.78, 5) is 34.7. The fourth-order valence-electron chi connectivity index (χ4n) is 4.31. The Labute approximate surface area is 173 Å². The highest BCUT2D eigenvalue weighted by molar-refractivity contribution is 5.82. The van der Waals surface area contributed by atoms with Crippen LogP contribution in [0.5, 0.6) is 0 Å². The summed E-state index contributed by atoms with van der Waals surface area (Å²) in [5, 5.41) is 0. The summed E-state index contributed by atoms with van der Waals surface area (Å²) in [5.74, 6) is 0.0863. The number of nitrogens with one attached hydrogen (secondary N) is 1. The van der Waals surface area contributed by atoms with Crippen molar-refractivity contribution in [3.63, 3.8) is 0 Å². The second-order valence-electron chi connectivity index (χ2n) is 8.07. The first-order valence-corrected chi connectivity index (χ1v) is 10.2. The number of alkyl halides is 1. The molecule has 0 bridgehead atoms. The zero-order chi connectivity index (χ0) is 20.7. The molecule has 0 spiro atoms. The van der Waals surface area contributed by atoms with Crippen LogP contribution in [-0.4, -0.2) is 27.3 Å². The first-order chi connectivity index (χ1) is 14.6. The van der Waals surface area contributed by atoms with Gasteiger partial charge < -0.3 is 9.88 Å². The zero-order valence-corrected chi connectivity index (χ0v) is 16.5. The van der Waals surface area contributed by atoms with Gasteiger partial charge in [0.25, 0.3) is 11.5 Å². The molecule has 30 heavy (non-hydrogen) atoms. The quantitative estimate of drug-likeness (QED) is 0.726. The van der Waals surface area contributed by atoms with Gasteiger partial charge in [0.15, 0.2) is 0 Å². The first kappa shape index (κ1) is 18.7. The molecule has 0 radical (unpaired) electrons. The smallest absolute Gasteiger partial charge is 0.262 e. The van der Waals surface area contributed by atoms with Crippen molar-refractivity contribution in [2.24, 2.45) is 0 Å². The third kappa shape index (κ3) is 3.12. The molecule has 1 unspecified atom stereocenters. The number of carbonyl (C=O) groups is 1. The predicted molar refractivity (Wildman–Crippen MR) is 111 cm³/mol. The van der Waals surface area contributed by atoms with Gasteiger partial charge in [-0.15, -0.1) is 0 Å². The molecule has 2 aliphatic rings. The maximum atomic E-state index is 14.7. The van der Waals surface area contributed by atoms with Gasteiger partial charge in [0, 0.05) is 13.0 Å². The number of aromatic amines is 1. The van der Waals surface area contributed by atoms with E-state index in [0.29, 0.717) is 29.9 Å². The van der Waals surface area contributed by atoms with E-state index in [1.807, 2.05) is 18.2 Å². The Hall–Kier alpha value is -3.28. The summed E-state index contributed by atoms with van der Waals surface area (Å²) >= 11 is 0. The molecule has 2 aromatic carbocycles. The van der Waals surface area contributed by atoms with Crippen LogP contribution in [0.4, 0.5) is 4.39 Å². The van der Waals surface area contributed by atoms with Gasteiger partial charge in [0.05, 0.1) is 23.2 Å². The number of aromatic nitrogens is 2. The monoisotopic (exact) mass is 403 g/mol. The average Bonchev–Trinajstić information content (AvgIpc) is 3.61. The average molecular weight is 403 g/mol. The molecule has 1 fully saturated rings. The summed E-state index contributed by atoms with van der Waals surface area (Å²) in [6.07, 6.45) is 0.616. The molecule has 6 heteroatoms. The van der Waals surface area contributed by atoms with Gasteiger partial charge in [0.1, 0.15) is 5.82 Å². The fraction of sp³-hybridized carbons (Fsp3) is 0.292. The number of benzene rings is 2. The van der Waals surface area contributed by atoms with E-state index in [4.69, 9.17) is 4.98 Å². The molecule has 1 N–H and O–H groups in total. The molecule has 152 valence electrons. The Kier molecular flexibility index (Phi) is 4.50. The van der Waals surface area contributed by atoms with Gasteiger partial charge in [-0.25, -0.2) is 9.37 Å². The minimum atomic E-state index is -1.73. The van der Waals surface area contributed by atoms with Crippen LogP contribution in [0, 0.1) is 0 Å². The third-order valence-electron chi connectivity index (χ3n) is 6.22. The van der Waals surface area contributed by atoms with Crippen molar-refractivity contribution >= 4 is 5.91 Å². The second-order valence-corrected chi connectivity index (χ2v) is 8.07. The lowest BCUT2D eigenvalue weighted by Gasteiger charge is -2.29. The van der Waals surface area contributed by atoms with Gasteiger partial charge in [-0.1, -0.05) is 60.7 Å². The number of amides is 1. The first-order valence-electron chi connectivity index (χ1n) is 10.2. The molecule has 2 heterocycles. The predicted octanol–water partition coefficient (Wildman–Crippen LogP) is 3.45. The third-order valence-corrected chi connectivity index (χ3v) is 6.22. The van der Waals surface area contributed by atoms with Crippen LogP contribution < -0.4 is 5.56 Å². The highest BCUT2D eigenvalue weighted by Crippen LogP contribution is 2.51. The molecule has 5 nitrogen and oxygen atoms in total. The molecule has 1 aliphatic carbocycles. The topological polar surface area (TPSA) is 66.1 Å². The maximum absolute atomic E-state index is 14.7. The lowest BCUT2D eigenvalue weighted by molar-refractivity contribution is -0.137. The highest BCUT2D eigenvalue weighted by Gasteiger charge is 2.48. The van der Waals surface area contributed by atoms with E-state index in [0.717, 1.165) is 24.1 Å². The molecular formula is C24H22FN3O2. The van der Waals surface area contributed by atoms with E-state index in [1.54, 1.807) is 30.3 Å². The van der Waals surface area contributed by atoms with Crippen molar-refractivity contribution in [2.45, 2.75) is 37.4 Å². The number of H-pyrrole nitrogens is 1. The van der Waals surface area contributed by atoms with Crippen molar-refractivity contribution in [1.29, 1.82) is 0 Å². The van der Waals surface area contributed by atoms with E-state index in [2.05, 4.69) is 17.1 Å². The van der Waals surface area contributed by atoms with Crippen LogP contribution in [0.15, 0.2) is 65.5 Å². The van der Waals surface area contributed by atoms with E-state index in [1.165, 1.54) is 4.90 Å². The van der Waals surface area contributed by atoms with Gasteiger partial charge in [-0.3, -0.25) is 9.59 Å². The molecule has 3 aromatic rings. The SMILES string of the molecule is O=C(C(F)c1ccccc1)N1CCc2nc(C3(c4ccccc4)CC3)[nH]c(=O)c2C1. The van der Waals surface area contributed by atoms with Crippen LogP contribution in [0.1, 0.15) is 47.2 Å². The van der Waals surface area contributed by atoms with Crippen molar-refractivity contribution in [2.75, 3.05) is 6.54 Å². The zero-order valence-electron chi connectivity index (χ0n) is 16.5. The number of nitrogens with zero attached hydrogens (tertiary/aromatic N) is 2. The Morgan fingerprint density at radius 1 is 1.07 bits per heavy atom. The van der Waals surface area contributed by atoms with Crippen LogP contribution >= 0.6 is 0 Å². The molecule has 1 aliphatic heterocycles. The molecule has 1 saturated carbocycles. The molecule has 1 amide bonds. The van der Waals surface area contributed by atoms with E-state index >= 15 is 0 Å². The fourth-order valence-corrected chi connectivity index (χ4v) is 4.31. The van der Waals surface area contributed by atoms with E-state index < -0.39 is 12.1 Å². The lowest BCUT2D eigenvalue weighted by atomic mass is 9.94. The summed E-state index contributed by atoms with van der Waals surface area (Å²) in [5.41, 5.74) is 2.21. The summed E-state index contributed by atoms with van der Waals surface area (Å²) in [6, 6.07) is 18.5. The van der Waals surface area contributed by atoms with E-state index in [-0.39, 0.29) is 17.5 Å². The number of carbonyl (C=O) groups excluding carboxylic acids is 1. The number of hydrogen-bond acceptors (Lipinski definition) is 3. The Morgan fingerprint density at radius 3 is 2.40 bits per heavy atom. The molecular weight excluding hydrogens is 381 g/mol. The molecule has 5 rings (SSSR count). The molecule has 1 aromatic heterocycles. The second kappa shape index (κ2) is 7.20. The van der Waals surface area contributed by atoms with Gasteiger partial charge in [-0.05, 0) is 24.0 Å². The summed E-state index contributed by atoms with van der Waals surface area (Å²) in [7, 11) is 0. The van der Waals surface area contributed by atoms with E-state index in [9.17, 15) is 14.0 Å². The Balaban J connectivity index is 1.41. The van der Waals surface area contributed by atoms with Crippen molar-refractivity contribution < 1.29 is 9.18 Å². The normalized spacial score (nSPS) is 17.8. The summed E-state index contributed by atoms with van der Waals surface area (Å²) in [6.45, 7) is 0.440. The van der Waals surface area contributed by atoms with Gasteiger partial charge in [0.2, 0.25) is 6.17 Å². The Bertz CT molecular complexity index is 1140. The molecule has 1 atom stereocenters. The summed E-state index contributed by atoms with van der Waals surface area (Å²) < 4.78 is 14.7. The van der Waals surface area contributed by atoms with Gasteiger partial charge in [-0.2, -0.15) is 0 Å². The largest absolute Gasteiger partial charge is 0.335 e. The van der Waals surface area contributed by atoms with Crippen molar-refractivity contribution in [1.82, 2.24) is 14.9 Å². The maximum Gasteiger partial charge on any atom is 0.262 e. The van der Waals surface area contributed by atoms with Gasteiger partial charge >= 0.3 is 0 Å². The standard InChI is InChI=1S/C24H22FN3O2/c25-20(16-7-3-1-4-8-16)22(30)28-14-11-19-18(15-28)21(29)27-23(26-19)24(12-13-24)17-9-5-2-6-10-17/h1-10,20H,11-15H2,(H,26,27,29). The number of hydrogen-bond donors (Lipinski definition) is 1. The molecule has 0 saturated heterocycles. The number of halogens is 1. The highest BCUT2D eigenvalue weighted by atomic mass is 19.1. The lowest BCUT2D eigenvalue weighted by Crippen LogP contribution is -2.41. The van der Waals surface area contributed by atoms with Crippen LogP contribution in [-0.2, 0) is 23.2 Å². The van der Waals surface area contributed by atoms with Crippen LogP contribution in [0.3, 0.4) is 0 Å². The van der Waals surface area contributed by atoms with Crippen LogP contribution in [0.25, 0.3) is 0 Å². The minimum absolute atomic E-state index is 0.0857. The Morgan fingerprint density at radius 2 is 1.73 bits per heavy atom. The van der Waals surface area contributed by atoms with Crippen LogP contribution in [0.2, 0.25) is 0 Å². The number of rotatable bonds is 4.